The van der Waals surface area contributed by atoms with Crippen LogP contribution in [0.1, 0.15) is 310 Å². The van der Waals surface area contributed by atoms with Gasteiger partial charge in [0.15, 0.2) is 6.10 Å². The third kappa shape index (κ3) is 62.9. The molecule has 0 amide bonds. The van der Waals surface area contributed by atoms with E-state index in [1.165, 1.54) is 148 Å². The molecule has 1 atom stereocenters. The van der Waals surface area contributed by atoms with Gasteiger partial charge in [0.1, 0.15) is 13.2 Å². The highest BCUT2D eigenvalue weighted by Gasteiger charge is 2.19. The first kappa shape index (κ1) is 74.1. The largest absolute Gasteiger partial charge is 0.462 e. The smallest absolute Gasteiger partial charge is 0.306 e. The lowest BCUT2D eigenvalue weighted by Gasteiger charge is -2.18. The Hall–Kier alpha value is -3.93. The molecule has 0 radical (unpaired) electrons. The number of hydrogen-bond acceptors (Lipinski definition) is 6. The molecule has 0 aromatic carbocycles. The van der Waals surface area contributed by atoms with E-state index in [0.717, 1.165) is 122 Å². The number of hydrogen-bond donors (Lipinski definition) is 0. The SMILES string of the molecule is CC/C=C\C/C=C\C/C=C\C/C=C\CCCCCCCCCCCCC(=O)OCC(COC(=O)CCCCCCCCC/C=C\C/C=C\CCCCCC)OC(=O)CCCCCCCC/C=C\C/C=C\C/C=C\CCCCC. The van der Waals surface area contributed by atoms with Crippen molar-refractivity contribution in [3.8, 4) is 0 Å². The number of carbonyl (C=O) groups is 3. The lowest BCUT2D eigenvalue weighted by Crippen LogP contribution is -2.30. The van der Waals surface area contributed by atoms with Gasteiger partial charge >= 0.3 is 17.9 Å². The highest BCUT2D eigenvalue weighted by Crippen LogP contribution is 2.16. The molecule has 78 heavy (non-hydrogen) atoms. The Morgan fingerprint density at radius 2 is 0.500 bits per heavy atom. The monoisotopic (exact) mass is 1080 g/mol. The number of carbonyl (C=O) groups excluding carboxylic acids is 3. The predicted octanol–water partition coefficient (Wildman–Crippen LogP) is 22.6. The molecule has 0 aromatic rings. The minimum Gasteiger partial charge on any atom is -0.462 e. The zero-order valence-electron chi connectivity index (χ0n) is 51.2. The highest BCUT2D eigenvalue weighted by atomic mass is 16.6. The summed E-state index contributed by atoms with van der Waals surface area (Å²) in [7, 11) is 0. The summed E-state index contributed by atoms with van der Waals surface area (Å²) >= 11 is 0. The molecule has 0 heterocycles. The van der Waals surface area contributed by atoms with Crippen LogP contribution in [-0.4, -0.2) is 37.2 Å². The maximum Gasteiger partial charge on any atom is 0.306 e. The minimum atomic E-state index is -0.794. The van der Waals surface area contributed by atoms with Crippen molar-refractivity contribution in [2.75, 3.05) is 13.2 Å². The maximum absolute atomic E-state index is 12.9. The second-order valence-electron chi connectivity index (χ2n) is 21.6. The van der Waals surface area contributed by atoms with E-state index >= 15 is 0 Å². The molecule has 0 saturated heterocycles. The number of rotatable bonds is 59. The molecule has 0 aromatic heterocycles. The minimum absolute atomic E-state index is 0.0887. The van der Waals surface area contributed by atoms with Crippen LogP contribution >= 0.6 is 0 Å². The highest BCUT2D eigenvalue weighted by molar-refractivity contribution is 5.71. The van der Waals surface area contributed by atoms with Crippen LogP contribution in [0.4, 0.5) is 0 Å². The van der Waals surface area contributed by atoms with E-state index in [4.69, 9.17) is 14.2 Å². The van der Waals surface area contributed by atoms with E-state index in [1.807, 2.05) is 0 Å². The Kier molecular flexibility index (Phi) is 62.3. The van der Waals surface area contributed by atoms with Crippen molar-refractivity contribution in [3.05, 3.63) is 109 Å². The molecule has 6 nitrogen and oxygen atoms in total. The van der Waals surface area contributed by atoms with E-state index in [9.17, 15) is 14.4 Å². The molecule has 0 rings (SSSR count). The maximum atomic E-state index is 12.9. The molecular formula is C72H122O6. The predicted molar refractivity (Wildman–Crippen MR) is 339 cm³/mol. The van der Waals surface area contributed by atoms with Crippen LogP contribution in [0, 0.1) is 0 Å². The summed E-state index contributed by atoms with van der Waals surface area (Å²) in [6, 6.07) is 0. The van der Waals surface area contributed by atoms with Crippen molar-refractivity contribution in [2.45, 2.75) is 316 Å². The molecule has 0 saturated carbocycles. The number of esters is 3. The first-order valence-corrected chi connectivity index (χ1v) is 32.9. The van der Waals surface area contributed by atoms with Gasteiger partial charge in [-0.2, -0.15) is 0 Å². The van der Waals surface area contributed by atoms with Crippen LogP contribution in [0.15, 0.2) is 109 Å². The molecule has 0 N–H and O–H groups in total. The van der Waals surface area contributed by atoms with Crippen molar-refractivity contribution in [1.82, 2.24) is 0 Å². The number of allylic oxidation sites excluding steroid dienone is 18. The van der Waals surface area contributed by atoms with Crippen LogP contribution in [0.5, 0.6) is 0 Å². The van der Waals surface area contributed by atoms with Crippen LogP contribution in [0.2, 0.25) is 0 Å². The molecule has 446 valence electrons. The van der Waals surface area contributed by atoms with Crippen molar-refractivity contribution in [2.24, 2.45) is 0 Å². The normalized spacial score (nSPS) is 12.8. The van der Waals surface area contributed by atoms with E-state index < -0.39 is 6.10 Å². The van der Waals surface area contributed by atoms with Crippen LogP contribution in [-0.2, 0) is 28.6 Å². The van der Waals surface area contributed by atoms with Gasteiger partial charge in [-0.15, -0.1) is 0 Å². The summed E-state index contributed by atoms with van der Waals surface area (Å²) < 4.78 is 16.9. The van der Waals surface area contributed by atoms with Gasteiger partial charge in [-0.1, -0.05) is 271 Å². The van der Waals surface area contributed by atoms with Crippen molar-refractivity contribution in [1.29, 1.82) is 0 Å². The van der Waals surface area contributed by atoms with Gasteiger partial charge in [-0.3, -0.25) is 14.4 Å². The van der Waals surface area contributed by atoms with E-state index in [-0.39, 0.29) is 31.1 Å². The number of ether oxygens (including phenoxy) is 3. The average Bonchev–Trinajstić information content (AvgIpc) is 3.44. The van der Waals surface area contributed by atoms with Gasteiger partial charge in [-0.05, 0) is 128 Å². The third-order valence-electron chi connectivity index (χ3n) is 14.0. The lowest BCUT2D eigenvalue weighted by atomic mass is 10.1. The molecule has 1 unspecified atom stereocenters. The molecule has 0 fully saturated rings. The van der Waals surface area contributed by atoms with Crippen LogP contribution in [0.3, 0.4) is 0 Å². The van der Waals surface area contributed by atoms with Crippen molar-refractivity contribution in [3.63, 3.8) is 0 Å². The summed E-state index contributed by atoms with van der Waals surface area (Å²) in [5, 5.41) is 0. The van der Waals surface area contributed by atoms with Crippen molar-refractivity contribution < 1.29 is 28.6 Å². The molecule has 0 spiro atoms. The van der Waals surface area contributed by atoms with Crippen LogP contribution < -0.4 is 0 Å². The summed E-state index contributed by atoms with van der Waals surface area (Å²) in [6.45, 7) is 6.49. The Morgan fingerprint density at radius 1 is 0.269 bits per heavy atom. The van der Waals surface area contributed by atoms with Gasteiger partial charge in [0.05, 0.1) is 0 Å². The van der Waals surface area contributed by atoms with Crippen LogP contribution in [0.25, 0.3) is 0 Å². The fourth-order valence-electron chi connectivity index (χ4n) is 9.06. The van der Waals surface area contributed by atoms with Gasteiger partial charge in [0, 0.05) is 19.3 Å². The Labute approximate surface area is 482 Å². The Morgan fingerprint density at radius 3 is 0.808 bits per heavy atom. The van der Waals surface area contributed by atoms with Gasteiger partial charge in [-0.25, -0.2) is 0 Å². The van der Waals surface area contributed by atoms with E-state index in [1.54, 1.807) is 0 Å². The summed E-state index contributed by atoms with van der Waals surface area (Å²) in [6.07, 6.45) is 89.4. The zero-order chi connectivity index (χ0) is 56.4. The Bertz CT molecular complexity index is 1570. The third-order valence-corrected chi connectivity index (χ3v) is 14.0. The lowest BCUT2D eigenvalue weighted by molar-refractivity contribution is -0.167. The van der Waals surface area contributed by atoms with E-state index in [0.29, 0.717) is 19.3 Å². The topological polar surface area (TPSA) is 78.9 Å². The zero-order valence-corrected chi connectivity index (χ0v) is 51.2. The molecular weight excluding hydrogens is 961 g/mol. The van der Waals surface area contributed by atoms with Crippen molar-refractivity contribution >= 4 is 17.9 Å². The first-order chi connectivity index (χ1) is 38.5. The van der Waals surface area contributed by atoms with Gasteiger partial charge in [0.25, 0.3) is 0 Å². The molecule has 0 aliphatic carbocycles. The summed E-state index contributed by atoms with van der Waals surface area (Å²) in [4.78, 5) is 38.4. The fraction of sp³-hybridized carbons (Fsp3) is 0.708. The van der Waals surface area contributed by atoms with Gasteiger partial charge < -0.3 is 14.2 Å². The second-order valence-corrected chi connectivity index (χ2v) is 21.6. The van der Waals surface area contributed by atoms with Gasteiger partial charge in [0.2, 0.25) is 0 Å². The summed E-state index contributed by atoms with van der Waals surface area (Å²) in [5.74, 6) is -0.904. The second kappa shape index (κ2) is 65.6. The van der Waals surface area contributed by atoms with E-state index in [2.05, 4.69) is 130 Å². The standard InChI is InChI=1S/C72H122O6/c1-4-7-10-13-16-19-22-25-28-31-34-35-36-37-39-41-44-47-50-53-56-59-62-65-71(74)77-68-69(67-76-70(73)64-61-58-55-52-49-46-43-40-33-30-27-24-21-18-15-12-9-6-3)78-72(75)66-63-60-57-54-51-48-45-42-38-32-29-26-23-20-17-14-11-8-5-2/h7,10,16-17,19-21,24-26,28-30,33-35,38,42,69H,4-6,8-9,11-15,18,22-23,27,31-32,36-37,39-41,43-68H2,1-3H3/b10-7-,19-16-,20-17-,24-21-,28-25-,29-26-,33-30-,35-34-,42-38-. The molecule has 0 aliphatic rings. The summed E-state index contributed by atoms with van der Waals surface area (Å²) in [5.41, 5.74) is 0. The first-order valence-electron chi connectivity index (χ1n) is 32.9. The molecule has 6 heteroatoms. The average molecular weight is 1080 g/mol. The quantitative estimate of drug-likeness (QED) is 0.0261. The Balaban J connectivity index is 4.42. The molecule has 0 bridgehead atoms. The fourth-order valence-corrected chi connectivity index (χ4v) is 9.06. The molecule has 0 aliphatic heterocycles. The number of unbranched alkanes of at least 4 members (excludes halogenated alkanes) is 30.